The van der Waals surface area contributed by atoms with Crippen molar-refractivity contribution in [3.63, 3.8) is 0 Å². The molecule has 0 saturated heterocycles. The van der Waals surface area contributed by atoms with Gasteiger partial charge in [-0.15, -0.1) is 0 Å². The molecule has 0 amide bonds. The zero-order valence-electron chi connectivity index (χ0n) is 20.1. The van der Waals surface area contributed by atoms with Gasteiger partial charge in [0, 0.05) is 17.7 Å². The van der Waals surface area contributed by atoms with Gasteiger partial charge in [0.05, 0.1) is 11.1 Å². The summed E-state index contributed by atoms with van der Waals surface area (Å²) in [5.74, 6) is -0.442. The summed E-state index contributed by atoms with van der Waals surface area (Å²) in [5, 5.41) is 10.7. The van der Waals surface area contributed by atoms with Gasteiger partial charge in [-0.3, -0.25) is 4.79 Å². The quantitative estimate of drug-likeness (QED) is 0.191. The summed E-state index contributed by atoms with van der Waals surface area (Å²) >= 11 is 1.01. The number of fused-ring (bicyclic) bond motifs is 1. The third-order valence-corrected chi connectivity index (χ3v) is 6.82. The highest BCUT2D eigenvalue weighted by Crippen LogP contribution is 2.36. The van der Waals surface area contributed by atoms with Gasteiger partial charge in [-0.2, -0.15) is 13.2 Å². The van der Waals surface area contributed by atoms with Gasteiger partial charge in [-0.1, -0.05) is 75.0 Å². The number of Topliss-reactive ketones (excluding diaryl/α,β-unsaturated/α-hetero) is 1. The van der Waals surface area contributed by atoms with Gasteiger partial charge in [-0.25, -0.2) is 4.98 Å². The molecular formula is C28H26F3NO3S. The molecule has 1 aromatic heterocycles. The fraction of sp³-hybridized carbons (Fsp3) is 0.286. The van der Waals surface area contributed by atoms with E-state index in [2.05, 4.69) is 18.8 Å². The van der Waals surface area contributed by atoms with Gasteiger partial charge in [0.15, 0.2) is 11.4 Å². The van der Waals surface area contributed by atoms with E-state index < -0.39 is 17.7 Å². The van der Waals surface area contributed by atoms with Crippen LogP contribution in [0.1, 0.15) is 59.3 Å². The van der Waals surface area contributed by atoms with Gasteiger partial charge in [-0.05, 0) is 41.2 Å². The Morgan fingerprint density at radius 3 is 2.42 bits per heavy atom. The van der Waals surface area contributed by atoms with Gasteiger partial charge < -0.3 is 9.52 Å². The van der Waals surface area contributed by atoms with Gasteiger partial charge in [0.25, 0.3) is 5.22 Å². The van der Waals surface area contributed by atoms with Gasteiger partial charge in [0.2, 0.25) is 0 Å². The summed E-state index contributed by atoms with van der Waals surface area (Å²) in [7, 11) is 0. The van der Waals surface area contributed by atoms with Crippen LogP contribution in [0.2, 0.25) is 0 Å². The zero-order chi connectivity index (χ0) is 26.0. The molecule has 1 heterocycles. The van der Waals surface area contributed by atoms with Crippen molar-refractivity contribution >= 4 is 28.6 Å². The number of benzene rings is 3. The lowest BCUT2D eigenvalue weighted by molar-refractivity contribution is -0.138. The lowest BCUT2D eigenvalue weighted by Gasteiger charge is -2.13. The summed E-state index contributed by atoms with van der Waals surface area (Å²) in [6.45, 7) is 6.08. The zero-order valence-corrected chi connectivity index (χ0v) is 20.9. The van der Waals surface area contributed by atoms with Crippen molar-refractivity contribution in [2.24, 2.45) is 5.92 Å². The van der Waals surface area contributed by atoms with Crippen LogP contribution in [0.25, 0.3) is 11.1 Å². The van der Waals surface area contributed by atoms with E-state index in [1.54, 1.807) is 13.0 Å². The van der Waals surface area contributed by atoms with Crippen LogP contribution in [0, 0.1) is 5.92 Å². The summed E-state index contributed by atoms with van der Waals surface area (Å²) in [6, 6.07) is 16.0. The van der Waals surface area contributed by atoms with Crippen molar-refractivity contribution in [3.8, 4) is 5.75 Å². The molecule has 4 nitrogen and oxygen atoms in total. The molecule has 0 spiro atoms. The highest BCUT2D eigenvalue weighted by atomic mass is 32.2. The number of thioether (sulfide) groups is 1. The van der Waals surface area contributed by atoms with Crippen molar-refractivity contribution in [2.45, 2.75) is 50.3 Å². The number of phenolic OH excluding ortho intramolecular Hbond substituents is 1. The standard InChI is InChI=1S/C28H26F3NO3S/c1-16(2)12-18-8-10-19(11-9-18)17(3)26(34)21-13-23-25(14-24(21)33)35-27(32-23)36-15-20-6-4-5-7-22(20)28(29,30)31/h4-11,13-14,16-17,33H,12,15H2,1-3H3. The van der Waals surface area contributed by atoms with E-state index in [1.807, 2.05) is 24.3 Å². The van der Waals surface area contributed by atoms with Crippen molar-refractivity contribution < 1.29 is 27.5 Å². The number of hydrogen-bond donors (Lipinski definition) is 1. The van der Waals surface area contributed by atoms with Crippen LogP contribution >= 0.6 is 11.8 Å². The number of halogens is 3. The van der Waals surface area contributed by atoms with Crippen molar-refractivity contribution in [1.82, 2.24) is 4.98 Å². The maximum absolute atomic E-state index is 13.3. The SMILES string of the molecule is CC(C)Cc1ccc(C(C)C(=O)c2cc3nc(SCc4ccccc4C(F)(F)F)oc3cc2O)cc1. The molecule has 0 saturated carbocycles. The van der Waals surface area contributed by atoms with E-state index in [0.717, 1.165) is 29.8 Å². The molecule has 0 bridgehead atoms. The lowest BCUT2D eigenvalue weighted by atomic mass is 9.90. The second-order valence-corrected chi connectivity index (χ2v) is 10.1. The highest BCUT2D eigenvalue weighted by molar-refractivity contribution is 7.98. The van der Waals surface area contributed by atoms with Crippen LogP contribution in [0.4, 0.5) is 13.2 Å². The average Bonchev–Trinajstić information content (AvgIpc) is 3.22. The van der Waals surface area contributed by atoms with Crippen LogP contribution < -0.4 is 0 Å². The highest BCUT2D eigenvalue weighted by Gasteiger charge is 2.33. The maximum Gasteiger partial charge on any atom is 0.416 e. The first kappa shape index (κ1) is 25.8. The van der Waals surface area contributed by atoms with Gasteiger partial charge in [0.1, 0.15) is 11.3 Å². The second-order valence-electron chi connectivity index (χ2n) is 9.19. The molecule has 4 rings (SSSR count). The third-order valence-electron chi connectivity index (χ3n) is 5.94. The molecule has 0 fully saturated rings. The molecule has 3 aromatic carbocycles. The predicted molar refractivity (Wildman–Crippen MR) is 134 cm³/mol. The number of hydrogen-bond acceptors (Lipinski definition) is 5. The first-order chi connectivity index (χ1) is 17.0. The number of rotatable bonds is 8. The lowest BCUT2D eigenvalue weighted by Crippen LogP contribution is -2.10. The Morgan fingerprint density at radius 2 is 1.75 bits per heavy atom. The van der Waals surface area contributed by atoms with Crippen LogP contribution in [-0.2, 0) is 18.3 Å². The molecule has 0 aliphatic carbocycles. The first-order valence-electron chi connectivity index (χ1n) is 11.6. The number of nitrogens with zero attached hydrogens (tertiary/aromatic N) is 1. The van der Waals surface area contributed by atoms with E-state index >= 15 is 0 Å². The molecule has 188 valence electrons. The maximum atomic E-state index is 13.3. The number of carbonyl (C=O) groups is 1. The minimum atomic E-state index is -4.45. The number of phenols is 1. The van der Waals surface area contributed by atoms with E-state index in [9.17, 15) is 23.1 Å². The number of aromatic hydroxyl groups is 1. The monoisotopic (exact) mass is 513 g/mol. The van der Waals surface area contributed by atoms with Crippen LogP contribution in [0.15, 0.2) is 70.3 Å². The number of aromatic nitrogens is 1. The number of alkyl halides is 3. The smallest absolute Gasteiger partial charge is 0.416 e. The molecule has 0 aliphatic rings. The second kappa shape index (κ2) is 10.4. The first-order valence-corrected chi connectivity index (χ1v) is 12.6. The van der Waals surface area contributed by atoms with Crippen LogP contribution in [0.3, 0.4) is 0 Å². The largest absolute Gasteiger partial charge is 0.507 e. The van der Waals surface area contributed by atoms with E-state index in [0.29, 0.717) is 11.4 Å². The minimum absolute atomic E-state index is 0.00408. The summed E-state index contributed by atoms with van der Waals surface area (Å²) < 4.78 is 45.4. The Bertz CT molecular complexity index is 1380. The van der Waals surface area contributed by atoms with Crippen LogP contribution in [0.5, 0.6) is 5.75 Å². The summed E-state index contributed by atoms with van der Waals surface area (Å²) in [5.41, 5.74) is 2.17. The van der Waals surface area contributed by atoms with Crippen molar-refractivity contribution in [3.05, 3.63) is 88.5 Å². The molecular weight excluding hydrogens is 487 g/mol. The van der Waals surface area contributed by atoms with Crippen LogP contribution in [-0.4, -0.2) is 15.9 Å². The average molecular weight is 514 g/mol. The topological polar surface area (TPSA) is 63.3 Å². The Hall–Kier alpha value is -3.26. The normalized spacial score (nSPS) is 12.9. The van der Waals surface area contributed by atoms with E-state index in [4.69, 9.17) is 4.42 Å². The number of oxazole rings is 1. The fourth-order valence-electron chi connectivity index (χ4n) is 4.06. The molecule has 36 heavy (non-hydrogen) atoms. The Kier molecular flexibility index (Phi) is 7.45. The summed E-state index contributed by atoms with van der Waals surface area (Å²) in [4.78, 5) is 17.5. The molecule has 1 atom stereocenters. The number of ketones is 1. The Morgan fingerprint density at radius 1 is 1.06 bits per heavy atom. The molecule has 0 radical (unpaired) electrons. The van der Waals surface area contributed by atoms with E-state index in [-0.39, 0.29) is 39.2 Å². The Labute approximate surface area is 211 Å². The van der Waals surface area contributed by atoms with Gasteiger partial charge >= 0.3 is 6.18 Å². The Balaban J connectivity index is 1.53. The molecule has 0 aliphatic heterocycles. The third kappa shape index (κ3) is 5.75. The molecule has 8 heteroatoms. The van der Waals surface area contributed by atoms with Crippen molar-refractivity contribution in [1.29, 1.82) is 0 Å². The summed E-state index contributed by atoms with van der Waals surface area (Å²) in [6.07, 6.45) is -3.50. The molecule has 4 aromatic rings. The van der Waals surface area contributed by atoms with Crippen molar-refractivity contribution in [2.75, 3.05) is 0 Å². The minimum Gasteiger partial charge on any atom is -0.507 e. The predicted octanol–water partition coefficient (Wildman–Crippen LogP) is 8.03. The molecule has 1 unspecified atom stereocenters. The fourth-order valence-corrected chi connectivity index (χ4v) is 4.90. The molecule has 1 N–H and O–H groups in total. The van der Waals surface area contributed by atoms with E-state index in [1.165, 1.54) is 29.8 Å². The number of carbonyl (C=O) groups excluding carboxylic acids is 1.